The normalized spacial score (nSPS) is 17.1. The average molecular weight is 575 g/mol. The Morgan fingerprint density at radius 1 is 1.12 bits per heavy atom. The van der Waals surface area contributed by atoms with Crippen LogP contribution in [-0.4, -0.2) is 23.1 Å². The van der Waals surface area contributed by atoms with Gasteiger partial charge in [-0.05, 0) is 73.2 Å². The van der Waals surface area contributed by atoms with Crippen molar-refractivity contribution in [3.8, 4) is 17.1 Å². The molecule has 206 valence electrons. The fourth-order valence-corrected chi connectivity index (χ4v) is 5.20. The molecule has 2 aromatic carbocycles. The Hall–Kier alpha value is -3.88. The lowest BCUT2D eigenvalue weighted by Gasteiger charge is -2.27. The summed E-state index contributed by atoms with van der Waals surface area (Å²) in [6.07, 6.45) is 1.76. The van der Waals surface area contributed by atoms with Gasteiger partial charge < -0.3 is 24.7 Å². The Morgan fingerprint density at radius 3 is 2.62 bits per heavy atom. The molecule has 9 heteroatoms. The van der Waals surface area contributed by atoms with Gasteiger partial charge in [0, 0.05) is 34.0 Å². The van der Waals surface area contributed by atoms with Gasteiger partial charge in [0.2, 0.25) is 5.91 Å². The Morgan fingerprint density at radius 2 is 1.93 bits per heavy atom. The summed E-state index contributed by atoms with van der Waals surface area (Å²) in [5.74, 6) is 1.84. The highest BCUT2D eigenvalue weighted by molar-refractivity contribution is 7.80. The van der Waals surface area contributed by atoms with Gasteiger partial charge in [0.05, 0.1) is 24.5 Å². The number of nitrogens with one attached hydrogen (secondary N) is 2. The fourth-order valence-electron chi connectivity index (χ4n) is 4.68. The number of aryl methyl sites for hydroxylation is 1. The molecule has 0 spiro atoms. The number of benzene rings is 2. The smallest absolute Gasteiger partial charge is 0.229 e. The lowest BCUT2D eigenvalue weighted by atomic mass is 9.95. The van der Waals surface area contributed by atoms with Crippen LogP contribution in [0, 0.1) is 12.3 Å². The van der Waals surface area contributed by atoms with E-state index >= 15 is 0 Å². The zero-order chi connectivity index (χ0) is 28.6. The highest BCUT2D eigenvalue weighted by atomic mass is 35.5. The maximum Gasteiger partial charge on any atom is 0.229 e. The number of carbonyl (C=O) groups excluding carboxylic acids is 1. The number of anilines is 2. The number of nitrogens with zero attached hydrogens (tertiary/aromatic N) is 2. The van der Waals surface area contributed by atoms with Crippen LogP contribution in [0.4, 0.5) is 11.4 Å². The molecular weight excluding hydrogens is 544 g/mol. The molecule has 0 radical (unpaired) electrons. The van der Waals surface area contributed by atoms with E-state index in [4.69, 9.17) is 33.0 Å². The molecule has 4 aromatic rings. The summed E-state index contributed by atoms with van der Waals surface area (Å²) in [6, 6.07) is 20.4. The summed E-state index contributed by atoms with van der Waals surface area (Å²) >= 11 is 12.2. The van der Waals surface area contributed by atoms with Crippen molar-refractivity contribution in [1.82, 2.24) is 10.3 Å². The van der Waals surface area contributed by atoms with E-state index in [-0.39, 0.29) is 18.0 Å². The molecule has 0 bridgehead atoms. The molecule has 1 aliphatic heterocycles. The summed E-state index contributed by atoms with van der Waals surface area (Å²) < 4.78 is 12.2. The van der Waals surface area contributed by atoms with Crippen molar-refractivity contribution in [2.24, 2.45) is 5.41 Å². The quantitative estimate of drug-likeness (QED) is 0.231. The van der Waals surface area contributed by atoms with E-state index in [2.05, 4.69) is 15.6 Å². The zero-order valence-electron chi connectivity index (χ0n) is 23.0. The minimum absolute atomic E-state index is 0.107. The summed E-state index contributed by atoms with van der Waals surface area (Å²) in [5.41, 5.74) is 3.62. The van der Waals surface area contributed by atoms with Gasteiger partial charge in [-0.2, -0.15) is 0 Å². The van der Waals surface area contributed by atoms with Gasteiger partial charge >= 0.3 is 0 Å². The Bertz CT molecular complexity index is 1560. The third-order valence-corrected chi connectivity index (χ3v) is 7.42. The lowest BCUT2D eigenvalue weighted by molar-refractivity contribution is -0.123. The topological polar surface area (TPSA) is 79.6 Å². The van der Waals surface area contributed by atoms with E-state index in [1.165, 1.54) is 0 Å². The van der Waals surface area contributed by atoms with Crippen LogP contribution < -0.4 is 20.3 Å². The van der Waals surface area contributed by atoms with E-state index < -0.39 is 5.41 Å². The maximum absolute atomic E-state index is 12.7. The highest BCUT2D eigenvalue weighted by Gasteiger charge is 2.43. The Labute approximate surface area is 244 Å². The summed E-state index contributed by atoms with van der Waals surface area (Å²) in [6.45, 7) is 7.61. The number of thiocarbonyl (C=S) groups is 1. The summed E-state index contributed by atoms with van der Waals surface area (Å²) in [4.78, 5) is 19.3. The van der Waals surface area contributed by atoms with Gasteiger partial charge in [-0.25, -0.2) is 0 Å². The highest BCUT2D eigenvalue weighted by Crippen LogP contribution is 2.44. The monoisotopic (exact) mass is 574 g/mol. The van der Waals surface area contributed by atoms with Crippen molar-refractivity contribution >= 4 is 46.2 Å². The number of aromatic nitrogens is 1. The molecular formula is C31H31ClN4O3S. The molecule has 7 nitrogen and oxygen atoms in total. The number of pyridine rings is 1. The van der Waals surface area contributed by atoms with Crippen molar-refractivity contribution in [2.75, 3.05) is 17.3 Å². The van der Waals surface area contributed by atoms with Gasteiger partial charge in [0.25, 0.3) is 0 Å². The van der Waals surface area contributed by atoms with Crippen LogP contribution in [0.3, 0.4) is 0 Å². The van der Waals surface area contributed by atoms with Gasteiger partial charge in [0.1, 0.15) is 23.3 Å². The minimum atomic E-state index is -0.552. The summed E-state index contributed by atoms with van der Waals surface area (Å²) in [7, 11) is 1.58. The Balaban J connectivity index is 1.57. The van der Waals surface area contributed by atoms with Gasteiger partial charge in [-0.3, -0.25) is 9.78 Å². The van der Waals surface area contributed by atoms with Crippen LogP contribution in [0.15, 0.2) is 77.3 Å². The van der Waals surface area contributed by atoms with E-state index in [1.54, 1.807) is 13.3 Å². The van der Waals surface area contributed by atoms with Crippen molar-refractivity contribution in [3.63, 3.8) is 0 Å². The molecule has 2 atom stereocenters. The first kappa shape index (κ1) is 27.7. The number of hydrogen-bond acceptors (Lipinski definition) is 5. The number of rotatable bonds is 6. The number of carbonyl (C=O) groups is 1. The third kappa shape index (κ3) is 5.42. The van der Waals surface area contributed by atoms with Crippen LogP contribution >= 0.6 is 23.8 Å². The molecule has 3 heterocycles. The second kappa shape index (κ2) is 10.9. The molecule has 2 N–H and O–H groups in total. The van der Waals surface area contributed by atoms with Gasteiger partial charge in [0.15, 0.2) is 5.11 Å². The predicted octanol–water partition coefficient (Wildman–Crippen LogP) is 7.47. The molecule has 1 saturated heterocycles. The SMILES string of the molecule is COc1cc(N2C(=S)NC(c3ccccn3)C2c2ccc(-c3cc(Cl)ccc3C)o2)ccc1NC(=O)C(C)(C)C. The van der Waals surface area contributed by atoms with Crippen LogP contribution in [0.2, 0.25) is 5.02 Å². The number of methoxy groups -OCH3 is 1. The van der Waals surface area contributed by atoms with E-state index in [9.17, 15) is 4.79 Å². The number of hydrogen-bond donors (Lipinski definition) is 2. The average Bonchev–Trinajstić information content (AvgIpc) is 3.55. The first-order valence-corrected chi connectivity index (χ1v) is 13.7. The minimum Gasteiger partial charge on any atom is -0.494 e. The molecule has 2 unspecified atom stereocenters. The standard InChI is InChI=1S/C31H31ClN4O3S/c1-18-9-10-19(32)16-21(18)24-13-14-25(39-24)28-27(23-8-6-7-15-33-23)35-30(40)36(28)20-11-12-22(26(17-20)38-5)34-29(37)31(2,3)4/h6-17,27-28H,1-5H3,(H,34,37)(H,35,40). The fraction of sp³-hybridized carbons (Fsp3) is 0.258. The molecule has 0 saturated carbocycles. The molecule has 5 rings (SSSR count). The largest absolute Gasteiger partial charge is 0.494 e. The van der Waals surface area contributed by atoms with Crippen molar-refractivity contribution in [2.45, 2.75) is 39.8 Å². The first-order valence-electron chi connectivity index (χ1n) is 12.9. The van der Waals surface area contributed by atoms with Crippen molar-refractivity contribution < 1.29 is 13.9 Å². The van der Waals surface area contributed by atoms with E-state index in [1.807, 2.05) is 99.3 Å². The number of furan rings is 1. The lowest BCUT2D eigenvalue weighted by Crippen LogP contribution is -2.30. The van der Waals surface area contributed by atoms with Crippen LogP contribution in [0.5, 0.6) is 5.75 Å². The number of ether oxygens (including phenoxy) is 1. The molecule has 1 aliphatic rings. The van der Waals surface area contributed by atoms with Crippen molar-refractivity contribution in [3.05, 3.63) is 95.0 Å². The number of amides is 1. The number of halogens is 1. The zero-order valence-corrected chi connectivity index (χ0v) is 24.6. The van der Waals surface area contributed by atoms with Crippen LogP contribution in [-0.2, 0) is 4.79 Å². The second-order valence-corrected chi connectivity index (χ2v) is 11.6. The maximum atomic E-state index is 12.7. The van der Waals surface area contributed by atoms with Crippen LogP contribution in [0.1, 0.15) is 49.9 Å². The van der Waals surface area contributed by atoms with Gasteiger partial charge in [-0.15, -0.1) is 0 Å². The first-order chi connectivity index (χ1) is 19.1. The van der Waals surface area contributed by atoms with Gasteiger partial charge in [-0.1, -0.05) is 44.5 Å². The Kier molecular flexibility index (Phi) is 7.57. The molecule has 1 fully saturated rings. The third-order valence-electron chi connectivity index (χ3n) is 6.87. The second-order valence-electron chi connectivity index (χ2n) is 10.7. The molecule has 2 aromatic heterocycles. The molecule has 40 heavy (non-hydrogen) atoms. The van der Waals surface area contributed by atoms with E-state index in [0.29, 0.717) is 33.1 Å². The predicted molar refractivity (Wildman–Crippen MR) is 163 cm³/mol. The van der Waals surface area contributed by atoms with Crippen molar-refractivity contribution in [1.29, 1.82) is 0 Å². The summed E-state index contributed by atoms with van der Waals surface area (Å²) in [5, 5.41) is 7.57. The van der Waals surface area contributed by atoms with E-state index in [0.717, 1.165) is 22.5 Å². The molecule has 0 aliphatic carbocycles. The van der Waals surface area contributed by atoms with Crippen LogP contribution in [0.25, 0.3) is 11.3 Å². The molecule has 1 amide bonds.